The molecule has 0 amide bonds. The van der Waals surface area contributed by atoms with Crippen molar-refractivity contribution < 1.29 is 0 Å². The van der Waals surface area contributed by atoms with Crippen LogP contribution in [0.25, 0.3) is 0 Å². The lowest BCUT2D eigenvalue weighted by molar-refractivity contribution is 0.540. The van der Waals surface area contributed by atoms with Gasteiger partial charge in [-0.3, -0.25) is 0 Å². The van der Waals surface area contributed by atoms with Crippen LogP contribution in [0.5, 0.6) is 0 Å². The Kier molecular flexibility index (Phi) is 17.4. The van der Waals surface area contributed by atoms with Crippen LogP contribution in [0.2, 0.25) is 0 Å². The molecule has 18 heavy (non-hydrogen) atoms. The second-order valence-corrected chi connectivity index (χ2v) is 6.16. The van der Waals surface area contributed by atoms with Gasteiger partial charge in [0.2, 0.25) is 0 Å². The minimum absolute atomic E-state index is 1.18. The second-order valence-electron chi connectivity index (χ2n) is 5.36. The first kappa shape index (κ1) is 18.2. The lowest BCUT2D eigenvalue weighted by atomic mass is 10.0. The van der Waals surface area contributed by atoms with Crippen molar-refractivity contribution in [3.05, 3.63) is 12.7 Å². The summed E-state index contributed by atoms with van der Waals surface area (Å²) in [5, 5.41) is 1.18. The van der Waals surface area contributed by atoms with Crippen molar-refractivity contribution in [3.63, 3.8) is 0 Å². The van der Waals surface area contributed by atoms with E-state index in [1.54, 1.807) is 0 Å². The average Bonchev–Trinajstić information content (AvgIpc) is 2.39. The van der Waals surface area contributed by atoms with Crippen molar-refractivity contribution in [2.24, 2.45) is 0 Å². The van der Waals surface area contributed by atoms with E-state index in [0.717, 1.165) is 0 Å². The van der Waals surface area contributed by atoms with Crippen molar-refractivity contribution in [2.75, 3.05) is 5.33 Å². The minimum atomic E-state index is 1.18. The van der Waals surface area contributed by atoms with Crippen LogP contribution in [-0.2, 0) is 0 Å². The topological polar surface area (TPSA) is 0 Å². The van der Waals surface area contributed by atoms with Gasteiger partial charge < -0.3 is 0 Å². The monoisotopic (exact) mass is 316 g/mol. The highest BCUT2D eigenvalue weighted by Gasteiger charge is 1.93. The lowest BCUT2D eigenvalue weighted by Crippen LogP contribution is -1.83. The normalized spacial score (nSPS) is 10.7. The molecule has 0 radical (unpaired) electrons. The number of hydrogen-bond acceptors (Lipinski definition) is 0. The molecule has 0 bridgehead atoms. The Labute approximate surface area is 124 Å². The molecule has 0 spiro atoms. The van der Waals surface area contributed by atoms with Gasteiger partial charge in [-0.25, -0.2) is 0 Å². The van der Waals surface area contributed by atoms with Crippen molar-refractivity contribution >= 4 is 15.9 Å². The zero-order valence-electron chi connectivity index (χ0n) is 12.3. The van der Waals surface area contributed by atoms with Gasteiger partial charge in [0.1, 0.15) is 0 Å². The van der Waals surface area contributed by atoms with E-state index in [1.165, 1.54) is 95.2 Å². The molecule has 0 unspecified atom stereocenters. The summed E-state index contributed by atoms with van der Waals surface area (Å²) in [6.45, 7) is 3.76. The highest BCUT2D eigenvalue weighted by atomic mass is 79.9. The summed E-state index contributed by atoms with van der Waals surface area (Å²) >= 11 is 3.48. The molecule has 0 saturated carbocycles. The Hall–Kier alpha value is 0.220. The molecule has 0 aliphatic heterocycles. The predicted molar refractivity (Wildman–Crippen MR) is 88.6 cm³/mol. The van der Waals surface area contributed by atoms with Gasteiger partial charge in [0, 0.05) is 5.33 Å². The molecular formula is C17H33Br. The second kappa shape index (κ2) is 17.2. The highest BCUT2D eigenvalue weighted by molar-refractivity contribution is 9.09. The van der Waals surface area contributed by atoms with Crippen LogP contribution in [0, 0.1) is 0 Å². The number of halogens is 1. The van der Waals surface area contributed by atoms with E-state index in [9.17, 15) is 0 Å². The summed E-state index contributed by atoms with van der Waals surface area (Å²) in [5.41, 5.74) is 0. The predicted octanol–water partition coefficient (Wildman–Crippen LogP) is 7.03. The van der Waals surface area contributed by atoms with E-state index in [1.807, 2.05) is 6.08 Å². The smallest absolute Gasteiger partial charge is 0.00313 e. The molecule has 0 aliphatic rings. The molecule has 0 fully saturated rings. The summed E-state index contributed by atoms with van der Waals surface area (Å²) < 4.78 is 0. The summed E-state index contributed by atoms with van der Waals surface area (Å²) in [5.74, 6) is 0. The highest BCUT2D eigenvalue weighted by Crippen LogP contribution is 2.13. The van der Waals surface area contributed by atoms with Crippen LogP contribution < -0.4 is 0 Å². The zero-order valence-corrected chi connectivity index (χ0v) is 13.9. The number of rotatable bonds is 15. The summed E-state index contributed by atoms with van der Waals surface area (Å²) in [6, 6.07) is 0. The van der Waals surface area contributed by atoms with Gasteiger partial charge in [0.15, 0.2) is 0 Å². The maximum atomic E-state index is 3.76. The first-order valence-electron chi connectivity index (χ1n) is 8.08. The van der Waals surface area contributed by atoms with E-state index in [-0.39, 0.29) is 0 Å². The molecule has 0 aromatic heterocycles. The molecule has 0 aliphatic carbocycles. The van der Waals surface area contributed by atoms with Gasteiger partial charge in [-0.15, -0.1) is 6.58 Å². The number of allylic oxidation sites excluding steroid dienone is 1. The molecule has 0 heterocycles. The average molecular weight is 317 g/mol. The van der Waals surface area contributed by atoms with Crippen LogP contribution in [-0.4, -0.2) is 5.33 Å². The molecule has 0 nitrogen and oxygen atoms in total. The van der Waals surface area contributed by atoms with Gasteiger partial charge in [-0.1, -0.05) is 92.6 Å². The Morgan fingerprint density at radius 2 is 0.889 bits per heavy atom. The SMILES string of the molecule is C=CCCCCCCCCCCCCCCCBr. The van der Waals surface area contributed by atoms with E-state index in [0.29, 0.717) is 0 Å². The Bertz CT molecular complexity index is 154. The summed E-state index contributed by atoms with van der Waals surface area (Å²) in [6.07, 6.45) is 21.8. The van der Waals surface area contributed by atoms with Gasteiger partial charge >= 0.3 is 0 Å². The molecule has 1 heteroatoms. The fraction of sp³-hybridized carbons (Fsp3) is 0.882. The molecule has 0 aromatic rings. The van der Waals surface area contributed by atoms with E-state index in [2.05, 4.69) is 22.5 Å². The Morgan fingerprint density at radius 1 is 0.556 bits per heavy atom. The van der Waals surface area contributed by atoms with Crippen molar-refractivity contribution in [1.82, 2.24) is 0 Å². The number of unbranched alkanes of at least 4 members (excludes halogenated alkanes) is 13. The van der Waals surface area contributed by atoms with Crippen molar-refractivity contribution in [3.8, 4) is 0 Å². The number of alkyl halides is 1. The van der Waals surface area contributed by atoms with Gasteiger partial charge in [-0.05, 0) is 19.3 Å². The maximum Gasteiger partial charge on any atom is 0.00313 e. The van der Waals surface area contributed by atoms with Crippen molar-refractivity contribution in [2.45, 2.75) is 89.9 Å². The largest absolute Gasteiger partial charge is 0.103 e. The fourth-order valence-electron chi connectivity index (χ4n) is 2.33. The van der Waals surface area contributed by atoms with Crippen LogP contribution >= 0.6 is 15.9 Å². The van der Waals surface area contributed by atoms with Crippen molar-refractivity contribution in [1.29, 1.82) is 0 Å². The third-order valence-electron chi connectivity index (χ3n) is 3.54. The number of hydrogen-bond donors (Lipinski definition) is 0. The standard InChI is InChI=1S/C17H33Br/c1-2-3-4-5-6-7-8-9-10-11-12-13-14-15-16-17-18/h2H,1,3-17H2. The maximum absolute atomic E-state index is 3.76. The minimum Gasteiger partial charge on any atom is -0.103 e. The first-order valence-corrected chi connectivity index (χ1v) is 9.21. The quantitative estimate of drug-likeness (QED) is 0.173. The molecule has 0 N–H and O–H groups in total. The lowest BCUT2D eigenvalue weighted by Gasteiger charge is -2.02. The third-order valence-corrected chi connectivity index (χ3v) is 4.10. The first-order chi connectivity index (χ1) is 8.91. The van der Waals surface area contributed by atoms with E-state index in [4.69, 9.17) is 0 Å². The summed E-state index contributed by atoms with van der Waals surface area (Å²) in [4.78, 5) is 0. The van der Waals surface area contributed by atoms with Crippen LogP contribution in [0.4, 0.5) is 0 Å². The summed E-state index contributed by atoms with van der Waals surface area (Å²) in [7, 11) is 0. The zero-order chi connectivity index (χ0) is 13.3. The van der Waals surface area contributed by atoms with Gasteiger partial charge in [0.05, 0.1) is 0 Å². The van der Waals surface area contributed by atoms with Crippen LogP contribution in [0.3, 0.4) is 0 Å². The molecule has 0 saturated heterocycles. The molecule has 108 valence electrons. The molecule has 0 atom stereocenters. The molecule has 0 aromatic carbocycles. The van der Waals surface area contributed by atoms with Gasteiger partial charge in [0.25, 0.3) is 0 Å². The molecule has 0 rings (SSSR count). The fourth-order valence-corrected chi connectivity index (χ4v) is 2.72. The Balaban J connectivity index is 2.88. The van der Waals surface area contributed by atoms with Crippen LogP contribution in [0.1, 0.15) is 89.9 Å². The van der Waals surface area contributed by atoms with E-state index >= 15 is 0 Å². The van der Waals surface area contributed by atoms with E-state index < -0.39 is 0 Å². The molecular weight excluding hydrogens is 284 g/mol. The van der Waals surface area contributed by atoms with Gasteiger partial charge in [-0.2, -0.15) is 0 Å². The third kappa shape index (κ3) is 16.2. The van der Waals surface area contributed by atoms with Crippen LogP contribution in [0.15, 0.2) is 12.7 Å². The Morgan fingerprint density at radius 3 is 1.22 bits per heavy atom.